The molecular weight excluding hydrogens is 198 g/mol. The van der Waals surface area contributed by atoms with Crippen LogP contribution in [0.15, 0.2) is 36.7 Å². The van der Waals surface area contributed by atoms with Crippen molar-refractivity contribution in [3.05, 3.63) is 48.0 Å². The Morgan fingerprint density at radius 2 is 2.00 bits per heavy atom. The van der Waals surface area contributed by atoms with Crippen molar-refractivity contribution in [2.45, 2.75) is 13.3 Å². The van der Waals surface area contributed by atoms with Crippen molar-refractivity contribution >= 4 is 0 Å². The molecule has 2 N–H and O–H groups in total. The lowest BCUT2D eigenvalue weighted by Gasteiger charge is -2.04. The molecule has 0 aliphatic carbocycles. The second kappa shape index (κ2) is 4.86. The predicted octanol–water partition coefficient (Wildman–Crippen LogP) is 1.95. The van der Waals surface area contributed by atoms with Crippen molar-refractivity contribution in [1.82, 2.24) is 9.97 Å². The maximum atomic E-state index is 5.52. The summed E-state index contributed by atoms with van der Waals surface area (Å²) in [6, 6.07) is 8.15. The standard InChI is InChI=1S/C13H15N3/c1-10-2-3-12(9-16-10)11-5-7-15-13(8-11)4-6-14/h2-3,5,7-9H,4,6,14H2,1H3. The molecule has 2 heterocycles. The summed E-state index contributed by atoms with van der Waals surface area (Å²) in [7, 11) is 0. The molecule has 16 heavy (non-hydrogen) atoms. The lowest BCUT2D eigenvalue weighted by molar-refractivity contribution is 0.924. The van der Waals surface area contributed by atoms with Crippen LogP contribution in [0.5, 0.6) is 0 Å². The minimum absolute atomic E-state index is 0.628. The summed E-state index contributed by atoms with van der Waals surface area (Å²) in [6.07, 6.45) is 4.52. The Hall–Kier alpha value is -1.74. The Labute approximate surface area is 95.4 Å². The molecule has 0 spiro atoms. The van der Waals surface area contributed by atoms with Crippen LogP contribution in [0.25, 0.3) is 11.1 Å². The molecule has 0 fully saturated rings. The summed E-state index contributed by atoms with van der Waals surface area (Å²) >= 11 is 0. The van der Waals surface area contributed by atoms with Crippen LogP contribution in [0.2, 0.25) is 0 Å². The van der Waals surface area contributed by atoms with Crippen LogP contribution in [-0.4, -0.2) is 16.5 Å². The molecule has 0 aliphatic heterocycles. The predicted molar refractivity (Wildman–Crippen MR) is 65.0 cm³/mol. The highest BCUT2D eigenvalue weighted by atomic mass is 14.7. The molecule has 3 nitrogen and oxygen atoms in total. The van der Waals surface area contributed by atoms with Gasteiger partial charge in [0.1, 0.15) is 0 Å². The van der Waals surface area contributed by atoms with E-state index in [-0.39, 0.29) is 0 Å². The largest absolute Gasteiger partial charge is 0.330 e. The average Bonchev–Trinajstić information content (AvgIpc) is 2.31. The summed E-state index contributed by atoms with van der Waals surface area (Å²) in [4.78, 5) is 8.56. The first kappa shape index (κ1) is 10.8. The second-order valence-corrected chi connectivity index (χ2v) is 3.76. The maximum Gasteiger partial charge on any atom is 0.0422 e. The highest BCUT2D eigenvalue weighted by Gasteiger charge is 2.00. The lowest BCUT2D eigenvalue weighted by Crippen LogP contribution is -2.04. The van der Waals surface area contributed by atoms with Gasteiger partial charge in [0.2, 0.25) is 0 Å². The molecule has 0 unspecified atom stereocenters. The van der Waals surface area contributed by atoms with Crippen molar-refractivity contribution in [2.75, 3.05) is 6.54 Å². The molecule has 3 heteroatoms. The molecule has 0 amide bonds. The molecular formula is C13H15N3. The van der Waals surface area contributed by atoms with Crippen LogP contribution < -0.4 is 5.73 Å². The zero-order chi connectivity index (χ0) is 11.4. The van der Waals surface area contributed by atoms with Crippen molar-refractivity contribution in [1.29, 1.82) is 0 Å². The summed E-state index contributed by atoms with van der Waals surface area (Å²) in [5, 5.41) is 0. The van der Waals surface area contributed by atoms with E-state index in [1.165, 1.54) is 0 Å². The first-order valence-electron chi connectivity index (χ1n) is 5.37. The Kier molecular flexibility index (Phi) is 3.27. The van der Waals surface area contributed by atoms with Crippen molar-refractivity contribution < 1.29 is 0 Å². The van der Waals surface area contributed by atoms with Crippen LogP contribution in [0.4, 0.5) is 0 Å². The summed E-state index contributed by atoms with van der Waals surface area (Å²) in [6.45, 7) is 2.61. The summed E-state index contributed by atoms with van der Waals surface area (Å²) in [5.74, 6) is 0. The number of rotatable bonds is 3. The molecule has 0 saturated heterocycles. The van der Waals surface area contributed by atoms with Crippen LogP contribution >= 0.6 is 0 Å². The minimum atomic E-state index is 0.628. The fraction of sp³-hybridized carbons (Fsp3) is 0.231. The fourth-order valence-corrected chi connectivity index (χ4v) is 1.58. The van der Waals surface area contributed by atoms with E-state index in [0.717, 1.165) is 28.9 Å². The Morgan fingerprint density at radius 3 is 2.69 bits per heavy atom. The molecule has 0 atom stereocenters. The topological polar surface area (TPSA) is 51.8 Å². The van der Waals surface area contributed by atoms with Gasteiger partial charge >= 0.3 is 0 Å². The lowest BCUT2D eigenvalue weighted by atomic mass is 10.1. The van der Waals surface area contributed by atoms with E-state index >= 15 is 0 Å². The molecule has 2 aromatic heterocycles. The molecule has 0 radical (unpaired) electrons. The van der Waals surface area contributed by atoms with Crippen LogP contribution in [-0.2, 0) is 6.42 Å². The molecule has 82 valence electrons. The fourth-order valence-electron chi connectivity index (χ4n) is 1.58. The zero-order valence-electron chi connectivity index (χ0n) is 9.35. The number of aromatic nitrogens is 2. The normalized spacial score (nSPS) is 10.4. The van der Waals surface area contributed by atoms with Gasteiger partial charge in [-0.1, -0.05) is 6.07 Å². The van der Waals surface area contributed by atoms with Gasteiger partial charge in [0, 0.05) is 35.8 Å². The van der Waals surface area contributed by atoms with Crippen LogP contribution in [0, 0.1) is 6.92 Å². The third-order valence-electron chi connectivity index (χ3n) is 2.46. The Bertz CT molecular complexity index is 463. The molecule has 0 bridgehead atoms. The molecule has 2 aromatic rings. The van der Waals surface area contributed by atoms with Gasteiger partial charge < -0.3 is 5.73 Å². The Morgan fingerprint density at radius 1 is 1.12 bits per heavy atom. The monoisotopic (exact) mass is 213 g/mol. The van der Waals surface area contributed by atoms with Crippen molar-refractivity contribution in [3.8, 4) is 11.1 Å². The smallest absolute Gasteiger partial charge is 0.0422 e. The third-order valence-corrected chi connectivity index (χ3v) is 2.46. The molecule has 0 aliphatic rings. The van der Waals surface area contributed by atoms with Gasteiger partial charge in [-0.15, -0.1) is 0 Å². The molecule has 0 saturated carbocycles. The van der Waals surface area contributed by atoms with E-state index in [1.807, 2.05) is 31.5 Å². The SMILES string of the molecule is Cc1ccc(-c2ccnc(CCN)c2)cn1. The molecule has 0 aromatic carbocycles. The first-order valence-corrected chi connectivity index (χ1v) is 5.37. The van der Waals surface area contributed by atoms with E-state index in [0.29, 0.717) is 6.54 Å². The van der Waals surface area contributed by atoms with Gasteiger partial charge in [-0.2, -0.15) is 0 Å². The summed E-state index contributed by atoms with van der Waals surface area (Å²) in [5.41, 5.74) is 9.83. The Balaban J connectivity index is 2.32. The quantitative estimate of drug-likeness (QED) is 0.847. The summed E-state index contributed by atoms with van der Waals surface area (Å²) < 4.78 is 0. The third kappa shape index (κ3) is 2.44. The molecule has 2 rings (SSSR count). The van der Waals surface area contributed by atoms with E-state index in [2.05, 4.69) is 22.1 Å². The first-order chi connectivity index (χ1) is 7.79. The zero-order valence-corrected chi connectivity index (χ0v) is 9.35. The minimum Gasteiger partial charge on any atom is -0.330 e. The maximum absolute atomic E-state index is 5.52. The van der Waals surface area contributed by atoms with E-state index in [9.17, 15) is 0 Å². The van der Waals surface area contributed by atoms with E-state index in [4.69, 9.17) is 5.73 Å². The number of nitrogens with zero attached hydrogens (tertiary/aromatic N) is 2. The highest BCUT2D eigenvalue weighted by molar-refractivity contribution is 5.62. The van der Waals surface area contributed by atoms with Gasteiger partial charge in [0.25, 0.3) is 0 Å². The van der Waals surface area contributed by atoms with Gasteiger partial charge in [0.15, 0.2) is 0 Å². The van der Waals surface area contributed by atoms with Gasteiger partial charge in [-0.05, 0) is 37.2 Å². The number of hydrogen-bond donors (Lipinski definition) is 1. The van der Waals surface area contributed by atoms with E-state index in [1.54, 1.807) is 0 Å². The van der Waals surface area contributed by atoms with Crippen molar-refractivity contribution in [2.24, 2.45) is 5.73 Å². The van der Waals surface area contributed by atoms with E-state index < -0.39 is 0 Å². The second-order valence-electron chi connectivity index (χ2n) is 3.76. The van der Waals surface area contributed by atoms with Gasteiger partial charge in [0.05, 0.1) is 0 Å². The average molecular weight is 213 g/mol. The number of hydrogen-bond acceptors (Lipinski definition) is 3. The number of pyridine rings is 2. The van der Waals surface area contributed by atoms with Gasteiger partial charge in [-0.25, -0.2) is 0 Å². The van der Waals surface area contributed by atoms with Crippen LogP contribution in [0.3, 0.4) is 0 Å². The van der Waals surface area contributed by atoms with Crippen molar-refractivity contribution in [3.63, 3.8) is 0 Å². The van der Waals surface area contributed by atoms with Gasteiger partial charge in [-0.3, -0.25) is 9.97 Å². The number of aryl methyl sites for hydroxylation is 1. The van der Waals surface area contributed by atoms with Crippen LogP contribution in [0.1, 0.15) is 11.4 Å². The number of nitrogens with two attached hydrogens (primary N) is 1. The highest BCUT2D eigenvalue weighted by Crippen LogP contribution is 2.18.